The van der Waals surface area contributed by atoms with E-state index in [1.165, 1.54) is 5.56 Å². The maximum atomic E-state index is 10.1. The molecule has 1 aromatic heterocycles. The van der Waals surface area contributed by atoms with Gasteiger partial charge in [-0.2, -0.15) is 0 Å². The number of piperazine rings is 1. The number of aromatic nitrogens is 2. The molecule has 1 unspecified atom stereocenters. The van der Waals surface area contributed by atoms with Gasteiger partial charge in [0.1, 0.15) is 11.6 Å². The predicted molar refractivity (Wildman–Crippen MR) is 135 cm³/mol. The third-order valence-electron chi connectivity index (χ3n) is 6.82. The van der Waals surface area contributed by atoms with Crippen LogP contribution in [0.15, 0.2) is 66.9 Å². The van der Waals surface area contributed by atoms with E-state index in [0.717, 1.165) is 65.3 Å². The van der Waals surface area contributed by atoms with Crippen LogP contribution in [0, 0.1) is 13.8 Å². The second kappa shape index (κ2) is 8.83. The minimum Gasteiger partial charge on any atom is -0.507 e. The smallest absolute Gasteiger partial charge is 0.147 e. The van der Waals surface area contributed by atoms with Crippen molar-refractivity contribution < 1.29 is 5.11 Å². The summed E-state index contributed by atoms with van der Waals surface area (Å²) in [5.41, 5.74) is 7.09. The highest BCUT2D eigenvalue weighted by atomic mass is 16.3. The lowest BCUT2D eigenvalue weighted by Crippen LogP contribution is -2.47. The quantitative estimate of drug-likeness (QED) is 0.456. The molecule has 5 nitrogen and oxygen atoms in total. The molecule has 33 heavy (non-hydrogen) atoms. The molecule has 1 aliphatic rings. The van der Waals surface area contributed by atoms with Gasteiger partial charge in [-0.3, -0.25) is 9.88 Å². The van der Waals surface area contributed by atoms with Gasteiger partial charge in [-0.05, 0) is 72.9 Å². The summed E-state index contributed by atoms with van der Waals surface area (Å²) in [4.78, 5) is 14.5. The standard InChI is InChI=1S/C28H30N4O/c1-19-15-24(16-20(2)28(19)33)23-9-10-25-26(17-23)30-27(18-29-25)32-13-11-31(12-14-32)21(3)22-7-5-4-6-8-22/h4-10,15-18,21,33H,11-14H2,1-3H3. The molecule has 3 aromatic carbocycles. The normalized spacial score (nSPS) is 15.7. The van der Waals surface area contributed by atoms with Gasteiger partial charge in [-0.1, -0.05) is 36.4 Å². The number of hydrogen-bond acceptors (Lipinski definition) is 5. The first-order valence-electron chi connectivity index (χ1n) is 11.6. The summed E-state index contributed by atoms with van der Waals surface area (Å²) in [6.07, 6.45) is 1.90. The van der Waals surface area contributed by atoms with Crippen LogP contribution in [0.5, 0.6) is 5.75 Å². The van der Waals surface area contributed by atoms with E-state index in [1.807, 2.05) is 38.2 Å². The van der Waals surface area contributed by atoms with Crippen molar-refractivity contribution in [3.05, 3.63) is 83.6 Å². The number of aryl methyl sites for hydroxylation is 2. The Kier molecular flexibility index (Phi) is 5.73. The summed E-state index contributed by atoms with van der Waals surface area (Å²) >= 11 is 0. The third kappa shape index (κ3) is 4.29. The van der Waals surface area contributed by atoms with E-state index in [4.69, 9.17) is 4.98 Å². The molecule has 0 spiro atoms. The molecule has 1 N–H and O–H groups in total. The number of phenolic OH excluding ortho intramolecular Hbond substituents is 1. The second-order valence-electron chi connectivity index (χ2n) is 9.00. The molecule has 5 heteroatoms. The van der Waals surface area contributed by atoms with Crippen LogP contribution >= 0.6 is 0 Å². The molecule has 0 bridgehead atoms. The molecule has 1 aliphatic heterocycles. The molecule has 5 rings (SSSR count). The van der Waals surface area contributed by atoms with Crippen molar-refractivity contribution in [3.8, 4) is 16.9 Å². The van der Waals surface area contributed by atoms with Crippen LogP contribution in [0.2, 0.25) is 0 Å². The van der Waals surface area contributed by atoms with Gasteiger partial charge in [-0.15, -0.1) is 0 Å². The Morgan fingerprint density at radius 1 is 0.818 bits per heavy atom. The van der Waals surface area contributed by atoms with E-state index in [-0.39, 0.29) is 0 Å². The Labute approximate surface area is 195 Å². The topological polar surface area (TPSA) is 52.5 Å². The largest absolute Gasteiger partial charge is 0.507 e. The molecular weight excluding hydrogens is 408 g/mol. The van der Waals surface area contributed by atoms with Crippen molar-refractivity contribution in [2.24, 2.45) is 0 Å². The molecule has 4 aromatic rings. The van der Waals surface area contributed by atoms with Crippen molar-refractivity contribution in [3.63, 3.8) is 0 Å². The van der Waals surface area contributed by atoms with Gasteiger partial charge in [0.15, 0.2) is 0 Å². The van der Waals surface area contributed by atoms with Crippen LogP contribution in [0.3, 0.4) is 0 Å². The zero-order chi connectivity index (χ0) is 22.9. The number of aromatic hydroxyl groups is 1. The van der Waals surface area contributed by atoms with Crippen molar-refractivity contribution in [2.75, 3.05) is 31.1 Å². The van der Waals surface area contributed by atoms with Gasteiger partial charge < -0.3 is 10.0 Å². The average molecular weight is 439 g/mol. The molecular formula is C28H30N4O. The minimum absolute atomic E-state index is 0.363. The van der Waals surface area contributed by atoms with Crippen molar-refractivity contribution >= 4 is 16.9 Å². The van der Waals surface area contributed by atoms with E-state index >= 15 is 0 Å². The van der Waals surface area contributed by atoms with Gasteiger partial charge in [0.2, 0.25) is 0 Å². The lowest BCUT2D eigenvalue weighted by atomic mass is 9.99. The number of fused-ring (bicyclic) bond motifs is 1. The second-order valence-corrected chi connectivity index (χ2v) is 9.00. The number of hydrogen-bond donors (Lipinski definition) is 1. The number of phenols is 1. The first-order valence-corrected chi connectivity index (χ1v) is 11.6. The highest BCUT2D eigenvalue weighted by molar-refractivity contribution is 5.82. The molecule has 0 aliphatic carbocycles. The zero-order valence-electron chi connectivity index (χ0n) is 19.5. The van der Waals surface area contributed by atoms with E-state index in [0.29, 0.717) is 11.8 Å². The first-order chi connectivity index (χ1) is 16.0. The maximum Gasteiger partial charge on any atom is 0.147 e. The fourth-order valence-electron chi connectivity index (χ4n) is 4.74. The molecule has 168 valence electrons. The predicted octanol–water partition coefficient (Wildman–Crippen LogP) is 5.50. The van der Waals surface area contributed by atoms with Gasteiger partial charge in [0, 0.05) is 32.2 Å². The van der Waals surface area contributed by atoms with E-state index < -0.39 is 0 Å². The van der Waals surface area contributed by atoms with E-state index in [9.17, 15) is 5.11 Å². The van der Waals surface area contributed by atoms with Gasteiger partial charge in [0.05, 0.1) is 17.2 Å². The van der Waals surface area contributed by atoms with Gasteiger partial charge in [-0.25, -0.2) is 4.98 Å². The highest BCUT2D eigenvalue weighted by Gasteiger charge is 2.23. The van der Waals surface area contributed by atoms with Crippen molar-refractivity contribution in [1.29, 1.82) is 0 Å². The van der Waals surface area contributed by atoms with Crippen LogP contribution in [-0.4, -0.2) is 46.2 Å². The first kappa shape index (κ1) is 21.4. The SMILES string of the molecule is Cc1cc(-c2ccc3ncc(N4CCN(C(C)c5ccccc5)CC4)nc3c2)cc(C)c1O. The highest BCUT2D eigenvalue weighted by Crippen LogP contribution is 2.31. The molecule has 0 radical (unpaired) electrons. The van der Waals surface area contributed by atoms with Gasteiger partial charge >= 0.3 is 0 Å². The van der Waals surface area contributed by atoms with E-state index in [2.05, 4.69) is 64.2 Å². The van der Waals surface area contributed by atoms with Crippen molar-refractivity contribution in [1.82, 2.24) is 14.9 Å². The summed E-state index contributed by atoms with van der Waals surface area (Å²) in [5.74, 6) is 1.30. The summed E-state index contributed by atoms with van der Waals surface area (Å²) in [6, 6.07) is 21.4. The monoisotopic (exact) mass is 438 g/mol. The number of benzene rings is 3. The zero-order valence-corrected chi connectivity index (χ0v) is 19.5. The molecule has 1 saturated heterocycles. The molecule has 1 atom stereocenters. The minimum atomic E-state index is 0.363. The summed E-state index contributed by atoms with van der Waals surface area (Å²) < 4.78 is 0. The molecule has 2 heterocycles. The molecule has 0 saturated carbocycles. The van der Waals surface area contributed by atoms with Crippen LogP contribution in [0.25, 0.3) is 22.2 Å². The molecule has 1 fully saturated rings. The Bertz CT molecular complexity index is 1260. The van der Waals surface area contributed by atoms with E-state index in [1.54, 1.807) is 0 Å². The third-order valence-corrected chi connectivity index (χ3v) is 6.82. The molecule has 0 amide bonds. The maximum absolute atomic E-state index is 10.1. The summed E-state index contributed by atoms with van der Waals surface area (Å²) in [5, 5.41) is 10.1. The fourth-order valence-corrected chi connectivity index (χ4v) is 4.74. The Hall–Kier alpha value is -3.44. The Morgan fingerprint density at radius 3 is 2.21 bits per heavy atom. The lowest BCUT2D eigenvalue weighted by molar-refractivity contribution is 0.198. The summed E-state index contributed by atoms with van der Waals surface area (Å²) in [7, 11) is 0. The van der Waals surface area contributed by atoms with Crippen LogP contribution < -0.4 is 4.90 Å². The number of nitrogens with zero attached hydrogens (tertiary/aromatic N) is 4. The number of rotatable bonds is 4. The fraction of sp³-hybridized carbons (Fsp3) is 0.286. The average Bonchev–Trinajstić information content (AvgIpc) is 2.86. The van der Waals surface area contributed by atoms with Crippen LogP contribution in [-0.2, 0) is 0 Å². The van der Waals surface area contributed by atoms with Gasteiger partial charge in [0.25, 0.3) is 0 Å². The summed E-state index contributed by atoms with van der Waals surface area (Å²) in [6.45, 7) is 10.0. The van der Waals surface area contributed by atoms with Crippen LogP contribution in [0.1, 0.15) is 29.7 Å². The van der Waals surface area contributed by atoms with Crippen LogP contribution in [0.4, 0.5) is 5.82 Å². The van der Waals surface area contributed by atoms with Crippen molar-refractivity contribution in [2.45, 2.75) is 26.8 Å². The Morgan fingerprint density at radius 2 is 1.52 bits per heavy atom. The number of anilines is 1. The Balaban J connectivity index is 1.35. The lowest BCUT2D eigenvalue weighted by Gasteiger charge is -2.38.